The number of sulfonamides is 1. The van der Waals surface area contributed by atoms with Crippen molar-refractivity contribution in [1.82, 2.24) is 4.72 Å². The number of nitrogens with one attached hydrogen (secondary N) is 1. The van der Waals surface area contributed by atoms with Crippen LogP contribution in [0.3, 0.4) is 0 Å². The molecule has 0 aliphatic carbocycles. The molecule has 2 rings (SSSR count). The fraction of sp³-hybridized carbons (Fsp3) is 0.429. The molecule has 1 N–H and O–H groups in total. The predicted molar refractivity (Wildman–Crippen MR) is 77.4 cm³/mol. The second kappa shape index (κ2) is 5.85. The monoisotopic (exact) mass is 297 g/mol. The van der Waals surface area contributed by atoms with Gasteiger partial charge in [0.1, 0.15) is 17.6 Å². The summed E-state index contributed by atoms with van der Waals surface area (Å²) < 4.78 is 36.6. The predicted octanol–water partition coefficient (Wildman–Crippen LogP) is 1.97. The molecule has 0 spiro atoms. The Kier molecular flexibility index (Phi) is 4.35. The molecule has 0 fully saturated rings. The van der Waals surface area contributed by atoms with Gasteiger partial charge in [0, 0.05) is 29.5 Å². The number of fused-ring (bicyclic) bond motifs is 1. The maximum atomic E-state index is 11.4. The zero-order valence-corrected chi connectivity index (χ0v) is 12.5. The summed E-state index contributed by atoms with van der Waals surface area (Å²) in [6.07, 6.45) is 0.980. The maximum Gasteiger partial charge on any atom is 0.233 e. The van der Waals surface area contributed by atoms with Crippen LogP contribution in [-0.4, -0.2) is 21.1 Å². The molecule has 6 heteroatoms. The zero-order chi connectivity index (χ0) is 14.8. The van der Waals surface area contributed by atoms with E-state index in [1.807, 2.05) is 26.0 Å². The Balaban J connectivity index is 2.27. The number of rotatable bonds is 6. The normalized spacial score (nSPS) is 17.4. The number of hydrogen-bond acceptors (Lipinski definition) is 4. The highest BCUT2D eigenvalue weighted by molar-refractivity contribution is 7.92. The van der Waals surface area contributed by atoms with E-state index in [0.29, 0.717) is 12.4 Å². The molecule has 1 unspecified atom stereocenters. The summed E-state index contributed by atoms with van der Waals surface area (Å²) in [4.78, 5) is 0. The molecule has 0 bridgehead atoms. The van der Waals surface area contributed by atoms with E-state index < -0.39 is 10.0 Å². The van der Waals surface area contributed by atoms with Crippen molar-refractivity contribution in [1.29, 1.82) is 0 Å². The van der Waals surface area contributed by atoms with E-state index in [9.17, 15) is 8.42 Å². The first-order chi connectivity index (χ1) is 9.45. The van der Waals surface area contributed by atoms with Crippen molar-refractivity contribution in [2.75, 3.05) is 6.61 Å². The molecular formula is C14H19NO4S. The van der Waals surface area contributed by atoms with Crippen LogP contribution in [-0.2, 0) is 23.0 Å². The zero-order valence-electron chi connectivity index (χ0n) is 11.7. The summed E-state index contributed by atoms with van der Waals surface area (Å²) in [5, 5.41) is 0.888. The topological polar surface area (TPSA) is 64.6 Å². The first kappa shape index (κ1) is 14.9. The molecule has 0 saturated heterocycles. The SMILES string of the molecule is C=CS(=O)(=O)NCc1cc2c(cc1OCC)CC(C)O2. The van der Waals surface area contributed by atoms with Crippen LogP contribution in [0, 0.1) is 0 Å². The average molecular weight is 297 g/mol. The quantitative estimate of drug-likeness (QED) is 0.872. The fourth-order valence-corrected chi connectivity index (χ4v) is 2.62. The molecule has 110 valence electrons. The summed E-state index contributed by atoms with van der Waals surface area (Å²) in [7, 11) is -3.46. The Bertz CT molecular complexity index is 610. The minimum Gasteiger partial charge on any atom is -0.494 e. The third-order valence-electron chi connectivity index (χ3n) is 3.06. The molecule has 0 saturated carbocycles. The first-order valence-electron chi connectivity index (χ1n) is 6.52. The molecule has 1 aliphatic heterocycles. The van der Waals surface area contributed by atoms with Gasteiger partial charge in [-0.1, -0.05) is 6.58 Å². The smallest absolute Gasteiger partial charge is 0.233 e. The third kappa shape index (κ3) is 3.32. The summed E-state index contributed by atoms with van der Waals surface area (Å²) in [6.45, 7) is 7.83. The molecule has 1 aromatic carbocycles. The van der Waals surface area contributed by atoms with Crippen LogP contribution in [0.25, 0.3) is 0 Å². The minimum atomic E-state index is -3.46. The van der Waals surface area contributed by atoms with Gasteiger partial charge in [0.25, 0.3) is 0 Å². The number of hydrogen-bond donors (Lipinski definition) is 1. The Morgan fingerprint density at radius 2 is 2.30 bits per heavy atom. The van der Waals surface area contributed by atoms with Crippen molar-refractivity contribution in [2.24, 2.45) is 0 Å². The molecule has 20 heavy (non-hydrogen) atoms. The molecule has 1 aliphatic rings. The van der Waals surface area contributed by atoms with Crippen molar-refractivity contribution in [3.8, 4) is 11.5 Å². The minimum absolute atomic E-state index is 0.139. The highest BCUT2D eigenvalue weighted by Crippen LogP contribution is 2.35. The van der Waals surface area contributed by atoms with Gasteiger partial charge in [-0.15, -0.1) is 0 Å². The van der Waals surface area contributed by atoms with Gasteiger partial charge in [-0.2, -0.15) is 0 Å². The molecule has 1 aromatic rings. The van der Waals surface area contributed by atoms with Crippen molar-refractivity contribution in [3.05, 3.63) is 35.2 Å². The maximum absolute atomic E-state index is 11.4. The first-order valence-corrected chi connectivity index (χ1v) is 8.07. The Hall–Kier alpha value is -1.53. The van der Waals surface area contributed by atoms with E-state index in [2.05, 4.69) is 11.3 Å². The summed E-state index contributed by atoms with van der Waals surface area (Å²) in [5.41, 5.74) is 1.85. The largest absolute Gasteiger partial charge is 0.494 e. The average Bonchev–Trinajstić information content (AvgIpc) is 2.75. The van der Waals surface area contributed by atoms with E-state index in [1.54, 1.807) is 0 Å². The van der Waals surface area contributed by atoms with Crippen LogP contribution >= 0.6 is 0 Å². The lowest BCUT2D eigenvalue weighted by Crippen LogP contribution is -2.20. The number of ether oxygens (including phenoxy) is 2. The summed E-state index contributed by atoms with van der Waals surface area (Å²) in [5.74, 6) is 1.49. The van der Waals surface area contributed by atoms with Crippen LogP contribution in [0.2, 0.25) is 0 Å². The number of benzene rings is 1. The van der Waals surface area contributed by atoms with Crippen molar-refractivity contribution < 1.29 is 17.9 Å². The van der Waals surface area contributed by atoms with Crippen LogP contribution < -0.4 is 14.2 Å². The lowest BCUT2D eigenvalue weighted by atomic mass is 10.1. The Labute approximate surface area is 119 Å². The molecule has 5 nitrogen and oxygen atoms in total. The fourth-order valence-electron chi connectivity index (χ4n) is 2.15. The van der Waals surface area contributed by atoms with Gasteiger partial charge in [0.2, 0.25) is 10.0 Å². The van der Waals surface area contributed by atoms with Gasteiger partial charge in [-0.25, -0.2) is 13.1 Å². The van der Waals surface area contributed by atoms with Crippen molar-refractivity contribution >= 4 is 10.0 Å². The highest BCUT2D eigenvalue weighted by Gasteiger charge is 2.22. The van der Waals surface area contributed by atoms with Gasteiger partial charge in [-0.05, 0) is 26.0 Å². The standard InChI is InChI=1S/C14H19NO4S/c1-4-18-13-7-11-6-10(3)19-14(11)8-12(13)9-15-20(16,17)5-2/h5,7-8,10,15H,2,4,6,9H2,1,3H3. The van der Waals surface area contributed by atoms with Crippen LogP contribution in [0.1, 0.15) is 25.0 Å². The molecule has 0 radical (unpaired) electrons. The second-order valence-corrected chi connectivity index (χ2v) is 6.38. The van der Waals surface area contributed by atoms with Gasteiger partial charge >= 0.3 is 0 Å². The molecule has 0 amide bonds. The third-order valence-corrected chi connectivity index (χ3v) is 4.05. The van der Waals surface area contributed by atoms with Crippen LogP contribution in [0.5, 0.6) is 11.5 Å². The molecule has 0 aromatic heterocycles. The van der Waals surface area contributed by atoms with E-state index in [-0.39, 0.29) is 12.6 Å². The van der Waals surface area contributed by atoms with E-state index in [0.717, 1.165) is 28.7 Å². The Morgan fingerprint density at radius 3 is 2.95 bits per heavy atom. The van der Waals surface area contributed by atoms with Gasteiger partial charge in [0.15, 0.2) is 0 Å². The van der Waals surface area contributed by atoms with Gasteiger partial charge in [0.05, 0.1) is 6.61 Å². The summed E-state index contributed by atoms with van der Waals surface area (Å²) in [6, 6.07) is 3.77. The second-order valence-electron chi connectivity index (χ2n) is 4.67. The van der Waals surface area contributed by atoms with E-state index in [1.165, 1.54) is 0 Å². The lowest BCUT2D eigenvalue weighted by Gasteiger charge is -2.12. The lowest BCUT2D eigenvalue weighted by molar-refractivity contribution is 0.254. The van der Waals surface area contributed by atoms with Crippen LogP contribution in [0.4, 0.5) is 0 Å². The van der Waals surface area contributed by atoms with Gasteiger partial charge < -0.3 is 9.47 Å². The van der Waals surface area contributed by atoms with E-state index >= 15 is 0 Å². The Morgan fingerprint density at radius 1 is 1.55 bits per heavy atom. The van der Waals surface area contributed by atoms with Crippen LogP contribution in [0.15, 0.2) is 24.1 Å². The molecular weight excluding hydrogens is 278 g/mol. The van der Waals surface area contributed by atoms with E-state index in [4.69, 9.17) is 9.47 Å². The van der Waals surface area contributed by atoms with Crippen molar-refractivity contribution in [3.63, 3.8) is 0 Å². The summed E-state index contributed by atoms with van der Waals surface area (Å²) >= 11 is 0. The molecule has 1 atom stereocenters. The van der Waals surface area contributed by atoms with Crippen molar-refractivity contribution in [2.45, 2.75) is 32.9 Å². The highest BCUT2D eigenvalue weighted by atomic mass is 32.2. The van der Waals surface area contributed by atoms with Gasteiger partial charge in [-0.3, -0.25) is 0 Å². The molecule has 1 heterocycles.